The monoisotopic (exact) mass is 293 g/mol. The molecule has 1 amide bonds. The maximum atomic E-state index is 11.7. The average Bonchev–Trinajstić information content (AvgIpc) is 3.05. The van der Waals surface area contributed by atoms with Gasteiger partial charge < -0.3 is 19.6 Å². The zero-order chi connectivity index (χ0) is 15.4. The predicted octanol–water partition coefficient (Wildman–Crippen LogP) is 0.859. The Bertz CT molecular complexity index is 604. The Hall–Kier alpha value is -2.28. The lowest BCUT2D eigenvalue weighted by atomic mass is 10.3. The molecule has 7 heteroatoms. The Balaban J connectivity index is 1.80. The van der Waals surface area contributed by atoms with Crippen molar-refractivity contribution in [3.05, 3.63) is 35.5 Å². The molecule has 7 nitrogen and oxygen atoms in total. The molecule has 21 heavy (non-hydrogen) atoms. The number of nitrogens with zero attached hydrogens (tertiary/aromatic N) is 2. The Morgan fingerprint density at radius 3 is 2.90 bits per heavy atom. The van der Waals surface area contributed by atoms with E-state index in [1.807, 2.05) is 20.9 Å². The standard InChI is InChI=1S/C14H19N3O4/c1-9-14(10(2)17(3)16-9)21-8-13(19)15-7-11(18)12-5-4-6-20-12/h4-6,11,18H,7-8H2,1-3H3,(H,15,19)/t11-/m1/s1. The van der Waals surface area contributed by atoms with Gasteiger partial charge in [-0.1, -0.05) is 0 Å². The van der Waals surface area contributed by atoms with E-state index < -0.39 is 6.10 Å². The first-order valence-electron chi connectivity index (χ1n) is 6.60. The summed E-state index contributed by atoms with van der Waals surface area (Å²) in [6, 6.07) is 3.33. The van der Waals surface area contributed by atoms with Crippen molar-refractivity contribution < 1.29 is 19.1 Å². The van der Waals surface area contributed by atoms with E-state index in [0.29, 0.717) is 11.5 Å². The number of aryl methyl sites for hydroxylation is 2. The van der Waals surface area contributed by atoms with Gasteiger partial charge in [0.15, 0.2) is 12.4 Å². The van der Waals surface area contributed by atoms with Crippen molar-refractivity contribution in [2.45, 2.75) is 20.0 Å². The number of aliphatic hydroxyl groups excluding tert-OH is 1. The summed E-state index contributed by atoms with van der Waals surface area (Å²) in [6.07, 6.45) is 0.600. The lowest BCUT2D eigenvalue weighted by molar-refractivity contribution is -0.123. The van der Waals surface area contributed by atoms with Gasteiger partial charge in [0, 0.05) is 7.05 Å². The van der Waals surface area contributed by atoms with E-state index in [9.17, 15) is 9.90 Å². The summed E-state index contributed by atoms with van der Waals surface area (Å²) < 4.78 is 12.2. The second-order valence-electron chi connectivity index (χ2n) is 4.75. The van der Waals surface area contributed by atoms with Crippen LogP contribution >= 0.6 is 0 Å². The number of hydrogen-bond donors (Lipinski definition) is 2. The number of nitrogens with one attached hydrogen (secondary N) is 1. The number of carbonyl (C=O) groups is 1. The van der Waals surface area contributed by atoms with Crippen LogP contribution in [-0.4, -0.2) is 33.9 Å². The largest absolute Gasteiger partial charge is 0.480 e. The van der Waals surface area contributed by atoms with Crippen LogP contribution in [0.4, 0.5) is 0 Å². The van der Waals surface area contributed by atoms with Gasteiger partial charge in [0.2, 0.25) is 0 Å². The van der Waals surface area contributed by atoms with E-state index >= 15 is 0 Å². The van der Waals surface area contributed by atoms with Crippen LogP contribution in [0.25, 0.3) is 0 Å². The zero-order valence-electron chi connectivity index (χ0n) is 12.3. The number of rotatable bonds is 6. The van der Waals surface area contributed by atoms with Crippen LogP contribution in [0, 0.1) is 13.8 Å². The summed E-state index contributed by atoms with van der Waals surface area (Å²) in [4.78, 5) is 11.7. The number of aliphatic hydroxyl groups is 1. The third kappa shape index (κ3) is 3.63. The van der Waals surface area contributed by atoms with E-state index in [0.717, 1.165) is 11.4 Å². The van der Waals surface area contributed by atoms with Crippen molar-refractivity contribution in [1.82, 2.24) is 15.1 Å². The molecule has 0 saturated heterocycles. The predicted molar refractivity (Wildman–Crippen MR) is 74.9 cm³/mol. The first-order valence-corrected chi connectivity index (χ1v) is 6.60. The van der Waals surface area contributed by atoms with Gasteiger partial charge in [-0.15, -0.1) is 0 Å². The van der Waals surface area contributed by atoms with Gasteiger partial charge in [-0.25, -0.2) is 0 Å². The van der Waals surface area contributed by atoms with Crippen LogP contribution in [0.2, 0.25) is 0 Å². The summed E-state index contributed by atoms with van der Waals surface area (Å²) in [5.41, 5.74) is 1.59. The molecule has 1 atom stereocenters. The number of carbonyl (C=O) groups excluding carboxylic acids is 1. The molecule has 2 heterocycles. The van der Waals surface area contributed by atoms with Gasteiger partial charge in [-0.05, 0) is 26.0 Å². The number of hydrogen-bond acceptors (Lipinski definition) is 5. The highest BCUT2D eigenvalue weighted by Gasteiger charge is 2.14. The summed E-state index contributed by atoms with van der Waals surface area (Å²) in [7, 11) is 1.81. The molecule has 0 aliphatic heterocycles. The molecular weight excluding hydrogens is 274 g/mol. The van der Waals surface area contributed by atoms with E-state index in [4.69, 9.17) is 9.15 Å². The van der Waals surface area contributed by atoms with E-state index in [2.05, 4.69) is 10.4 Å². The third-order valence-corrected chi connectivity index (χ3v) is 3.15. The molecule has 2 N–H and O–H groups in total. The van der Waals surface area contributed by atoms with Crippen LogP contribution in [0.5, 0.6) is 5.75 Å². The Labute approximate surface area is 122 Å². The molecular formula is C14H19N3O4. The van der Waals surface area contributed by atoms with Crippen LogP contribution in [-0.2, 0) is 11.8 Å². The summed E-state index contributed by atoms with van der Waals surface area (Å²) >= 11 is 0. The van der Waals surface area contributed by atoms with Gasteiger partial charge in [0.05, 0.1) is 18.5 Å². The molecule has 0 unspecified atom stereocenters. The molecule has 2 aromatic rings. The smallest absolute Gasteiger partial charge is 0.258 e. The van der Waals surface area contributed by atoms with Gasteiger partial charge >= 0.3 is 0 Å². The molecule has 0 fully saturated rings. The fraction of sp³-hybridized carbons (Fsp3) is 0.429. The number of furan rings is 1. The maximum Gasteiger partial charge on any atom is 0.258 e. The summed E-state index contributed by atoms with van der Waals surface area (Å²) in [6.45, 7) is 3.63. The normalized spacial score (nSPS) is 12.2. The third-order valence-electron chi connectivity index (χ3n) is 3.15. The minimum Gasteiger partial charge on any atom is -0.480 e. The quantitative estimate of drug-likeness (QED) is 0.824. The van der Waals surface area contributed by atoms with Crippen LogP contribution in [0.3, 0.4) is 0 Å². The summed E-state index contributed by atoms with van der Waals surface area (Å²) in [5.74, 6) is 0.706. The number of amides is 1. The number of ether oxygens (including phenoxy) is 1. The number of aromatic nitrogens is 2. The summed E-state index contributed by atoms with van der Waals surface area (Å²) in [5, 5.41) is 16.6. The minimum atomic E-state index is -0.870. The first-order chi connectivity index (χ1) is 9.99. The van der Waals surface area contributed by atoms with Crippen molar-refractivity contribution in [2.24, 2.45) is 7.05 Å². The van der Waals surface area contributed by atoms with E-state index in [1.165, 1.54) is 6.26 Å². The fourth-order valence-electron chi connectivity index (χ4n) is 1.94. The minimum absolute atomic E-state index is 0.0701. The van der Waals surface area contributed by atoms with Crippen molar-refractivity contribution >= 4 is 5.91 Å². The van der Waals surface area contributed by atoms with E-state index in [1.54, 1.807) is 16.8 Å². The van der Waals surface area contributed by atoms with Crippen LogP contribution in [0.1, 0.15) is 23.3 Å². The molecule has 0 radical (unpaired) electrons. The van der Waals surface area contributed by atoms with Gasteiger partial charge in [0.1, 0.15) is 17.6 Å². The molecule has 0 aliphatic carbocycles. The Morgan fingerprint density at radius 1 is 1.57 bits per heavy atom. The molecule has 0 spiro atoms. The molecule has 0 aliphatic rings. The van der Waals surface area contributed by atoms with Crippen molar-refractivity contribution in [3.63, 3.8) is 0 Å². The molecule has 0 aromatic carbocycles. The topological polar surface area (TPSA) is 89.5 Å². The molecule has 2 aromatic heterocycles. The zero-order valence-corrected chi connectivity index (χ0v) is 12.3. The molecule has 0 bridgehead atoms. The van der Waals surface area contributed by atoms with Gasteiger partial charge in [0.25, 0.3) is 5.91 Å². The second-order valence-corrected chi connectivity index (χ2v) is 4.75. The Morgan fingerprint density at radius 2 is 2.33 bits per heavy atom. The highest BCUT2D eigenvalue weighted by Crippen LogP contribution is 2.21. The van der Waals surface area contributed by atoms with Crippen LogP contribution < -0.4 is 10.1 Å². The van der Waals surface area contributed by atoms with E-state index in [-0.39, 0.29) is 19.1 Å². The fourth-order valence-corrected chi connectivity index (χ4v) is 1.94. The average molecular weight is 293 g/mol. The van der Waals surface area contributed by atoms with Gasteiger partial charge in [-0.3, -0.25) is 9.48 Å². The van der Waals surface area contributed by atoms with Crippen molar-refractivity contribution in [3.8, 4) is 5.75 Å². The highest BCUT2D eigenvalue weighted by molar-refractivity contribution is 5.77. The second kappa shape index (κ2) is 6.45. The molecule has 2 rings (SSSR count). The lowest BCUT2D eigenvalue weighted by Gasteiger charge is -2.10. The molecule has 114 valence electrons. The lowest BCUT2D eigenvalue weighted by Crippen LogP contribution is -2.32. The van der Waals surface area contributed by atoms with Gasteiger partial charge in [-0.2, -0.15) is 5.10 Å². The van der Waals surface area contributed by atoms with Crippen molar-refractivity contribution in [1.29, 1.82) is 0 Å². The SMILES string of the molecule is Cc1nn(C)c(C)c1OCC(=O)NC[C@@H](O)c1ccco1. The van der Waals surface area contributed by atoms with Crippen LogP contribution in [0.15, 0.2) is 22.8 Å². The molecule has 0 saturated carbocycles. The van der Waals surface area contributed by atoms with Crippen molar-refractivity contribution in [2.75, 3.05) is 13.2 Å². The maximum absolute atomic E-state index is 11.7. The highest BCUT2D eigenvalue weighted by atomic mass is 16.5. The Kier molecular flexibility index (Phi) is 4.64. The first kappa shape index (κ1) is 15.1.